The molecule has 0 fully saturated rings. The highest BCUT2D eigenvalue weighted by Gasteiger charge is 2.12. The molecule has 0 bridgehead atoms. The number of nitrogens with zero attached hydrogens (tertiary/aromatic N) is 2. The van der Waals surface area contributed by atoms with Crippen molar-refractivity contribution in [3.63, 3.8) is 0 Å². The molecular formula is C14H28N2O8. The molecule has 0 aliphatic carbocycles. The van der Waals surface area contributed by atoms with E-state index >= 15 is 0 Å². The van der Waals surface area contributed by atoms with Crippen LogP contribution in [0.1, 0.15) is 25.7 Å². The molecule has 0 unspecified atom stereocenters. The molecule has 0 aliphatic heterocycles. The van der Waals surface area contributed by atoms with Crippen LogP contribution in [-0.2, 0) is 19.4 Å². The van der Waals surface area contributed by atoms with Gasteiger partial charge in [-0.05, 0) is 12.8 Å². The van der Waals surface area contributed by atoms with E-state index in [0.717, 1.165) is 0 Å². The molecule has 10 nitrogen and oxygen atoms in total. The maximum absolute atomic E-state index is 10.7. The van der Waals surface area contributed by atoms with E-state index in [9.17, 15) is 9.59 Å². The molecule has 24 heavy (non-hydrogen) atoms. The Labute approximate surface area is 141 Å². The van der Waals surface area contributed by atoms with Gasteiger partial charge in [-0.2, -0.15) is 0 Å². The van der Waals surface area contributed by atoms with E-state index < -0.39 is 11.9 Å². The van der Waals surface area contributed by atoms with Gasteiger partial charge >= 0.3 is 11.9 Å². The number of hydrogen-bond acceptors (Lipinski definition) is 8. The van der Waals surface area contributed by atoms with Gasteiger partial charge in [-0.15, -0.1) is 0 Å². The maximum atomic E-state index is 10.7. The van der Waals surface area contributed by atoms with Crippen molar-refractivity contribution in [2.24, 2.45) is 0 Å². The van der Waals surface area contributed by atoms with Gasteiger partial charge in [0.1, 0.15) is 0 Å². The number of carboxylic acids is 2. The molecule has 4 N–H and O–H groups in total. The van der Waals surface area contributed by atoms with Gasteiger partial charge in [-0.3, -0.25) is 20.1 Å². The number of rotatable bonds is 17. The van der Waals surface area contributed by atoms with Crippen LogP contribution in [-0.4, -0.2) is 94.9 Å². The van der Waals surface area contributed by atoms with E-state index in [1.165, 1.54) is 0 Å². The lowest BCUT2D eigenvalue weighted by atomic mass is 10.3. The quantitative estimate of drug-likeness (QED) is 0.164. The monoisotopic (exact) mass is 352 g/mol. The fraction of sp³-hybridized carbons (Fsp3) is 0.857. The lowest BCUT2D eigenvalue weighted by molar-refractivity contribution is -0.244. The fourth-order valence-corrected chi connectivity index (χ4v) is 2.17. The fourth-order valence-electron chi connectivity index (χ4n) is 2.17. The Balaban J connectivity index is 4.37. The van der Waals surface area contributed by atoms with Crippen molar-refractivity contribution in [3.05, 3.63) is 0 Å². The maximum Gasteiger partial charge on any atom is 0.304 e. The first kappa shape index (κ1) is 22.7. The van der Waals surface area contributed by atoms with Crippen LogP contribution in [0.2, 0.25) is 0 Å². The van der Waals surface area contributed by atoms with Gasteiger partial charge in [0.15, 0.2) is 0 Å². The second-order valence-corrected chi connectivity index (χ2v) is 5.34. The van der Waals surface area contributed by atoms with Crippen LogP contribution in [0.25, 0.3) is 0 Å². The molecule has 10 heteroatoms. The lowest BCUT2D eigenvalue weighted by Gasteiger charge is -2.27. The molecule has 0 aromatic carbocycles. The molecule has 0 saturated heterocycles. The van der Waals surface area contributed by atoms with Crippen LogP contribution in [0.3, 0.4) is 0 Å². The zero-order valence-corrected chi connectivity index (χ0v) is 13.8. The molecule has 0 aromatic rings. The van der Waals surface area contributed by atoms with Crippen molar-refractivity contribution in [1.82, 2.24) is 9.80 Å². The predicted molar refractivity (Wildman–Crippen MR) is 83.8 cm³/mol. The van der Waals surface area contributed by atoms with Gasteiger partial charge in [-0.1, -0.05) is 0 Å². The summed E-state index contributed by atoms with van der Waals surface area (Å²) in [7, 11) is 0. The summed E-state index contributed by atoms with van der Waals surface area (Å²) >= 11 is 0. The molecule has 0 amide bonds. The molecule has 0 aliphatic rings. The Morgan fingerprint density at radius 1 is 0.667 bits per heavy atom. The van der Waals surface area contributed by atoms with Gasteiger partial charge in [-0.25, -0.2) is 9.78 Å². The highest BCUT2D eigenvalue weighted by Crippen LogP contribution is 2.00. The molecule has 0 rings (SSSR count). The standard InChI is InChI=1S/C14H28N2O8/c17-13(18)3-7-16(8-4-14(19)20)10-9-15(5-1-11-23-21)6-2-12-24-22/h21-22H,1-12H2,(H,17,18)(H,19,20). The average molecular weight is 352 g/mol. The van der Waals surface area contributed by atoms with Crippen LogP contribution in [0, 0.1) is 0 Å². The number of carboxylic acid groups (broad SMARTS) is 2. The number of aliphatic carboxylic acids is 2. The summed E-state index contributed by atoms with van der Waals surface area (Å²) in [6.07, 6.45) is 1.13. The Morgan fingerprint density at radius 2 is 1.04 bits per heavy atom. The number of hydrogen-bond donors (Lipinski definition) is 4. The Morgan fingerprint density at radius 3 is 1.38 bits per heavy atom. The van der Waals surface area contributed by atoms with Crippen molar-refractivity contribution in [3.8, 4) is 0 Å². The second-order valence-electron chi connectivity index (χ2n) is 5.34. The first-order valence-corrected chi connectivity index (χ1v) is 7.90. The van der Waals surface area contributed by atoms with E-state index in [-0.39, 0.29) is 39.1 Å². The minimum atomic E-state index is -0.924. The second kappa shape index (κ2) is 15.2. The molecule has 0 radical (unpaired) electrons. The van der Waals surface area contributed by atoms with Gasteiger partial charge in [0, 0.05) is 39.3 Å². The van der Waals surface area contributed by atoms with Gasteiger partial charge in [0.25, 0.3) is 0 Å². The Bertz CT molecular complexity index is 315. The summed E-state index contributed by atoms with van der Waals surface area (Å²) in [5.74, 6) is -1.85. The first-order valence-electron chi connectivity index (χ1n) is 7.90. The van der Waals surface area contributed by atoms with Gasteiger partial charge < -0.3 is 20.0 Å². The third-order valence-corrected chi connectivity index (χ3v) is 3.44. The van der Waals surface area contributed by atoms with Crippen LogP contribution in [0.4, 0.5) is 0 Å². The number of carbonyl (C=O) groups is 2. The molecule has 0 spiro atoms. The molecule has 0 heterocycles. The average Bonchev–Trinajstić information content (AvgIpc) is 2.53. The predicted octanol–water partition coefficient (Wildman–Crippen LogP) is 0.299. The Kier molecular flexibility index (Phi) is 14.4. The van der Waals surface area contributed by atoms with Crippen molar-refractivity contribution in [1.29, 1.82) is 0 Å². The summed E-state index contributed by atoms with van der Waals surface area (Å²) in [4.78, 5) is 33.4. The van der Waals surface area contributed by atoms with Crippen LogP contribution in [0.15, 0.2) is 0 Å². The molecule has 0 saturated carbocycles. The van der Waals surface area contributed by atoms with Gasteiger partial charge in [0.2, 0.25) is 0 Å². The van der Waals surface area contributed by atoms with Crippen molar-refractivity contribution < 1.29 is 40.1 Å². The van der Waals surface area contributed by atoms with E-state index in [2.05, 4.69) is 14.7 Å². The third-order valence-electron chi connectivity index (χ3n) is 3.44. The summed E-state index contributed by atoms with van der Waals surface area (Å²) in [5, 5.41) is 34.3. The molecule has 142 valence electrons. The van der Waals surface area contributed by atoms with E-state index in [4.69, 9.17) is 20.7 Å². The normalized spacial score (nSPS) is 11.3. The van der Waals surface area contributed by atoms with Crippen molar-refractivity contribution in [2.75, 3.05) is 52.5 Å². The van der Waals surface area contributed by atoms with Crippen LogP contribution < -0.4 is 0 Å². The smallest absolute Gasteiger partial charge is 0.304 e. The highest BCUT2D eigenvalue weighted by atomic mass is 17.1. The van der Waals surface area contributed by atoms with Gasteiger partial charge in [0.05, 0.1) is 26.1 Å². The summed E-state index contributed by atoms with van der Waals surface area (Å²) in [5.41, 5.74) is 0. The third kappa shape index (κ3) is 14.3. The molecule has 0 aromatic heterocycles. The zero-order chi connectivity index (χ0) is 18.2. The molecular weight excluding hydrogens is 324 g/mol. The molecule has 0 atom stereocenters. The van der Waals surface area contributed by atoms with Crippen LogP contribution >= 0.6 is 0 Å². The summed E-state index contributed by atoms with van der Waals surface area (Å²) in [6.45, 7) is 3.42. The highest BCUT2D eigenvalue weighted by molar-refractivity contribution is 5.67. The van der Waals surface area contributed by atoms with Crippen molar-refractivity contribution >= 4 is 11.9 Å². The van der Waals surface area contributed by atoms with Crippen molar-refractivity contribution in [2.45, 2.75) is 25.7 Å². The SMILES string of the molecule is O=C(O)CCN(CCC(=O)O)CCN(CCCOO)CCCOO. The first-order chi connectivity index (χ1) is 11.5. The topological polar surface area (TPSA) is 140 Å². The van der Waals surface area contributed by atoms with Crippen LogP contribution in [0.5, 0.6) is 0 Å². The minimum absolute atomic E-state index is 0.0453. The Hall–Kier alpha value is -1.30. The summed E-state index contributed by atoms with van der Waals surface area (Å²) in [6, 6.07) is 0. The largest absolute Gasteiger partial charge is 0.481 e. The van der Waals surface area contributed by atoms with E-state index in [1.54, 1.807) is 4.90 Å². The summed E-state index contributed by atoms with van der Waals surface area (Å²) < 4.78 is 0. The van der Waals surface area contributed by atoms with E-state index in [1.807, 2.05) is 0 Å². The van der Waals surface area contributed by atoms with E-state index in [0.29, 0.717) is 39.0 Å². The zero-order valence-electron chi connectivity index (χ0n) is 13.8. The minimum Gasteiger partial charge on any atom is -0.481 e. The lowest BCUT2D eigenvalue weighted by Crippen LogP contribution is -2.38.